The van der Waals surface area contributed by atoms with E-state index in [0.717, 1.165) is 12.8 Å². The van der Waals surface area contributed by atoms with E-state index in [9.17, 15) is 9.59 Å². The summed E-state index contributed by atoms with van der Waals surface area (Å²) in [6.07, 6.45) is 2.62. The van der Waals surface area contributed by atoms with E-state index in [4.69, 9.17) is 0 Å². The van der Waals surface area contributed by atoms with Gasteiger partial charge in [0, 0.05) is 31.3 Å². The van der Waals surface area contributed by atoms with E-state index in [1.165, 1.54) is 0 Å². The first-order valence-electron chi connectivity index (χ1n) is 5.61. The van der Waals surface area contributed by atoms with Crippen molar-refractivity contribution in [3.05, 3.63) is 0 Å². The van der Waals surface area contributed by atoms with Crippen molar-refractivity contribution in [2.45, 2.75) is 52.0 Å². The van der Waals surface area contributed by atoms with Crippen LogP contribution in [0.25, 0.3) is 0 Å². The molecule has 1 amide bonds. The Labute approximate surface area is 91.8 Å². The number of hydrogen-bond donors (Lipinski definition) is 0. The predicted molar refractivity (Wildman–Crippen MR) is 59.5 cm³/mol. The van der Waals surface area contributed by atoms with Crippen LogP contribution in [0.2, 0.25) is 0 Å². The Balaban J connectivity index is 2.58. The predicted octanol–water partition coefficient (Wildman–Crippen LogP) is 2.00. The number of ketones is 1. The molecule has 0 aromatic carbocycles. The number of rotatable bonds is 1. The van der Waals surface area contributed by atoms with Crippen LogP contribution < -0.4 is 0 Å². The fraction of sp³-hybridized carbons (Fsp3) is 0.833. The van der Waals surface area contributed by atoms with Crippen molar-refractivity contribution in [1.82, 2.24) is 4.90 Å². The summed E-state index contributed by atoms with van der Waals surface area (Å²) in [4.78, 5) is 24.9. The van der Waals surface area contributed by atoms with Crippen molar-refractivity contribution in [3.63, 3.8) is 0 Å². The van der Waals surface area contributed by atoms with Gasteiger partial charge in [-0.3, -0.25) is 9.59 Å². The van der Waals surface area contributed by atoms with Gasteiger partial charge in [-0.25, -0.2) is 0 Å². The lowest BCUT2D eigenvalue weighted by Gasteiger charge is -2.35. The van der Waals surface area contributed by atoms with E-state index < -0.39 is 0 Å². The van der Waals surface area contributed by atoms with Crippen molar-refractivity contribution in [2.24, 2.45) is 5.92 Å². The van der Waals surface area contributed by atoms with E-state index >= 15 is 0 Å². The molecule has 0 saturated heterocycles. The van der Waals surface area contributed by atoms with Gasteiger partial charge in [0.2, 0.25) is 5.91 Å². The van der Waals surface area contributed by atoms with Crippen LogP contribution in [0.15, 0.2) is 0 Å². The normalized spacial score (nSPS) is 19.1. The van der Waals surface area contributed by atoms with Crippen LogP contribution >= 0.6 is 0 Å². The molecular formula is C12H21NO2. The van der Waals surface area contributed by atoms with Gasteiger partial charge in [-0.05, 0) is 33.6 Å². The third-order valence-electron chi connectivity index (χ3n) is 3.23. The molecule has 0 aromatic heterocycles. The van der Waals surface area contributed by atoms with Crippen LogP contribution in [0.4, 0.5) is 0 Å². The van der Waals surface area contributed by atoms with Gasteiger partial charge in [0.15, 0.2) is 0 Å². The van der Waals surface area contributed by atoms with Crippen LogP contribution in [0.1, 0.15) is 46.5 Å². The van der Waals surface area contributed by atoms with Gasteiger partial charge in [-0.15, -0.1) is 0 Å². The maximum absolute atomic E-state index is 12.1. The third kappa shape index (κ3) is 3.05. The summed E-state index contributed by atoms with van der Waals surface area (Å²) >= 11 is 0. The number of Topliss-reactive ketones (excluding diaryl/α,β-unsaturated/α-hetero) is 1. The standard InChI is InChI=1S/C12H21NO2/c1-12(2,3)13(4)11(15)9-5-7-10(14)8-6-9/h9H,5-8H2,1-4H3. The number of carbonyl (C=O) groups excluding carboxylic acids is 2. The van der Waals surface area contributed by atoms with E-state index in [-0.39, 0.29) is 17.4 Å². The minimum atomic E-state index is -0.126. The highest BCUT2D eigenvalue weighted by Gasteiger charge is 2.31. The maximum atomic E-state index is 12.1. The summed E-state index contributed by atoms with van der Waals surface area (Å²) in [6, 6.07) is 0. The molecule has 0 spiro atoms. The van der Waals surface area contributed by atoms with Gasteiger partial charge in [-0.2, -0.15) is 0 Å². The van der Waals surface area contributed by atoms with Crippen LogP contribution in [0.3, 0.4) is 0 Å². The molecule has 0 aromatic rings. The first-order chi connectivity index (χ1) is 6.82. The Morgan fingerprint density at radius 3 is 2.13 bits per heavy atom. The molecule has 15 heavy (non-hydrogen) atoms. The quantitative estimate of drug-likeness (QED) is 0.665. The number of amides is 1. The zero-order valence-electron chi connectivity index (χ0n) is 10.2. The first-order valence-corrected chi connectivity index (χ1v) is 5.61. The molecule has 1 rings (SSSR count). The largest absolute Gasteiger partial charge is 0.341 e. The molecule has 1 aliphatic rings. The van der Waals surface area contributed by atoms with Gasteiger partial charge in [0.25, 0.3) is 0 Å². The fourth-order valence-electron chi connectivity index (χ4n) is 1.79. The van der Waals surface area contributed by atoms with Crippen LogP contribution in [-0.4, -0.2) is 29.2 Å². The van der Waals surface area contributed by atoms with E-state index in [1.54, 1.807) is 4.90 Å². The molecule has 0 radical (unpaired) electrons. The van der Waals surface area contributed by atoms with Crippen molar-refractivity contribution in [1.29, 1.82) is 0 Å². The highest BCUT2D eigenvalue weighted by molar-refractivity contribution is 5.84. The van der Waals surface area contributed by atoms with Gasteiger partial charge >= 0.3 is 0 Å². The Morgan fingerprint density at radius 1 is 1.27 bits per heavy atom. The molecule has 1 aliphatic carbocycles. The van der Waals surface area contributed by atoms with E-state index in [2.05, 4.69) is 0 Å². The Hall–Kier alpha value is -0.860. The number of carbonyl (C=O) groups is 2. The molecule has 0 N–H and O–H groups in total. The van der Waals surface area contributed by atoms with Crippen molar-refractivity contribution < 1.29 is 9.59 Å². The Bertz CT molecular complexity index is 255. The van der Waals surface area contributed by atoms with Gasteiger partial charge in [0.1, 0.15) is 5.78 Å². The first kappa shape index (κ1) is 12.2. The van der Waals surface area contributed by atoms with Crippen molar-refractivity contribution >= 4 is 11.7 Å². The lowest BCUT2D eigenvalue weighted by atomic mass is 9.86. The average molecular weight is 211 g/mol. The highest BCUT2D eigenvalue weighted by Crippen LogP contribution is 2.25. The molecule has 0 unspecified atom stereocenters. The number of hydrogen-bond acceptors (Lipinski definition) is 2. The monoisotopic (exact) mass is 211 g/mol. The lowest BCUT2D eigenvalue weighted by molar-refractivity contribution is -0.140. The lowest BCUT2D eigenvalue weighted by Crippen LogP contribution is -2.46. The molecule has 1 fully saturated rings. The second kappa shape index (κ2) is 4.33. The second-order valence-corrected chi connectivity index (χ2v) is 5.38. The van der Waals surface area contributed by atoms with Crippen LogP contribution in [0.5, 0.6) is 0 Å². The van der Waals surface area contributed by atoms with Crippen molar-refractivity contribution in [2.75, 3.05) is 7.05 Å². The summed E-state index contributed by atoms with van der Waals surface area (Å²) < 4.78 is 0. The van der Waals surface area contributed by atoms with E-state index in [1.807, 2.05) is 27.8 Å². The molecule has 3 nitrogen and oxygen atoms in total. The fourth-order valence-corrected chi connectivity index (χ4v) is 1.79. The SMILES string of the molecule is CN(C(=O)C1CCC(=O)CC1)C(C)(C)C. The summed E-state index contributed by atoms with van der Waals surface area (Å²) in [7, 11) is 1.85. The molecule has 0 bridgehead atoms. The van der Waals surface area contributed by atoms with Gasteiger partial charge in [-0.1, -0.05) is 0 Å². The molecular weight excluding hydrogens is 190 g/mol. The van der Waals surface area contributed by atoms with Crippen LogP contribution in [0, 0.1) is 5.92 Å². The summed E-state index contributed by atoms with van der Waals surface area (Å²) in [5, 5.41) is 0. The van der Waals surface area contributed by atoms with E-state index in [0.29, 0.717) is 18.6 Å². The summed E-state index contributed by atoms with van der Waals surface area (Å²) in [6.45, 7) is 6.08. The summed E-state index contributed by atoms with van der Waals surface area (Å²) in [5.74, 6) is 0.555. The zero-order chi connectivity index (χ0) is 11.6. The average Bonchev–Trinajstić information content (AvgIpc) is 2.15. The van der Waals surface area contributed by atoms with Crippen molar-refractivity contribution in [3.8, 4) is 0 Å². The molecule has 86 valence electrons. The molecule has 1 saturated carbocycles. The topological polar surface area (TPSA) is 37.4 Å². The molecule has 0 aliphatic heterocycles. The minimum Gasteiger partial charge on any atom is -0.341 e. The molecule has 3 heteroatoms. The molecule has 0 heterocycles. The van der Waals surface area contributed by atoms with Gasteiger partial charge in [0.05, 0.1) is 0 Å². The molecule has 0 atom stereocenters. The Morgan fingerprint density at radius 2 is 1.73 bits per heavy atom. The zero-order valence-corrected chi connectivity index (χ0v) is 10.2. The smallest absolute Gasteiger partial charge is 0.225 e. The van der Waals surface area contributed by atoms with Crippen LogP contribution in [-0.2, 0) is 9.59 Å². The minimum absolute atomic E-state index is 0.0620. The second-order valence-electron chi connectivity index (χ2n) is 5.38. The third-order valence-corrected chi connectivity index (χ3v) is 3.23. The highest BCUT2D eigenvalue weighted by atomic mass is 16.2. The number of nitrogens with zero attached hydrogens (tertiary/aromatic N) is 1. The maximum Gasteiger partial charge on any atom is 0.225 e. The van der Waals surface area contributed by atoms with Gasteiger partial charge < -0.3 is 4.90 Å². The summed E-state index contributed by atoms with van der Waals surface area (Å²) in [5.41, 5.74) is -0.126. The Kier molecular flexibility index (Phi) is 3.53.